The summed E-state index contributed by atoms with van der Waals surface area (Å²) in [7, 11) is 0. The number of benzene rings is 2. The zero-order valence-corrected chi connectivity index (χ0v) is 20.0. The molecule has 1 saturated heterocycles. The van der Waals surface area contributed by atoms with Gasteiger partial charge in [0.25, 0.3) is 5.91 Å². The van der Waals surface area contributed by atoms with Crippen LogP contribution < -0.4 is 5.48 Å². The highest BCUT2D eigenvalue weighted by atomic mass is 16.5. The van der Waals surface area contributed by atoms with Crippen molar-refractivity contribution in [1.82, 2.24) is 14.9 Å². The van der Waals surface area contributed by atoms with Crippen molar-refractivity contribution in [1.29, 1.82) is 0 Å². The molecule has 1 aliphatic carbocycles. The molecule has 3 aromatic rings. The van der Waals surface area contributed by atoms with E-state index in [1.165, 1.54) is 0 Å². The van der Waals surface area contributed by atoms with Crippen LogP contribution in [-0.4, -0.2) is 59.2 Å². The van der Waals surface area contributed by atoms with E-state index in [9.17, 15) is 9.59 Å². The molecule has 2 N–H and O–H groups in total. The van der Waals surface area contributed by atoms with Crippen LogP contribution in [0.5, 0.6) is 0 Å². The number of Topliss-reactive ketones (excluding diaryl/α,β-unsaturated/α-hetero) is 1. The van der Waals surface area contributed by atoms with Crippen LogP contribution in [0.1, 0.15) is 57.7 Å². The maximum Gasteiger partial charge on any atom is 0.274 e. The minimum atomic E-state index is -0.526. The summed E-state index contributed by atoms with van der Waals surface area (Å²) in [6, 6.07) is 15.4. The molecule has 35 heavy (non-hydrogen) atoms. The van der Waals surface area contributed by atoms with Gasteiger partial charge in [0.05, 0.1) is 13.2 Å². The van der Waals surface area contributed by atoms with E-state index >= 15 is 0 Å². The summed E-state index contributed by atoms with van der Waals surface area (Å²) in [4.78, 5) is 27.8. The average Bonchev–Trinajstić information content (AvgIpc) is 3.19. The second kappa shape index (κ2) is 10.7. The van der Waals surface area contributed by atoms with Crippen molar-refractivity contribution in [2.24, 2.45) is 5.92 Å². The number of fused-ring (bicyclic) bond motifs is 3. The van der Waals surface area contributed by atoms with E-state index in [1.807, 2.05) is 24.3 Å². The fourth-order valence-electron chi connectivity index (χ4n) is 5.58. The number of morpholine rings is 1. The van der Waals surface area contributed by atoms with Gasteiger partial charge in [0.15, 0.2) is 5.78 Å². The molecule has 2 aromatic carbocycles. The molecule has 1 aliphatic heterocycles. The van der Waals surface area contributed by atoms with Gasteiger partial charge in [-0.2, -0.15) is 0 Å². The molecule has 0 radical (unpaired) electrons. The van der Waals surface area contributed by atoms with Crippen molar-refractivity contribution in [2.45, 2.75) is 38.6 Å². The van der Waals surface area contributed by atoms with Crippen LogP contribution in [0, 0.1) is 5.92 Å². The normalized spacial score (nSPS) is 19.2. The Bertz CT molecular complexity index is 1190. The smallest absolute Gasteiger partial charge is 0.274 e. The lowest BCUT2D eigenvalue weighted by molar-refractivity contribution is 0.0349. The van der Waals surface area contributed by atoms with Gasteiger partial charge < -0.3 is 9.30 Å². The lowest BCUT2D eigenvalue weighted by Crippen LogP contribution is -2.37. The summed E-state index contributed by atoms with van der Waals surface area (Å²) in [5, 5.41) is 9.91. The number of para-hydroxylation sites is 1. The third-order valence-electron chi connectivity index (χ3n) is 7.47. The third kappa shape index (κ3) is 5.17. The SMILES string of the molecule is O=C(NO)c1ccc(Cn2c3c(c4ccccc42)C(=O)C[C@@H](CCN2CCOCC2)CCC3)cc1. The predicted molar refractivity (Wildman–Crippen MR) is 134 cm³/mol. The van der Waals surface area contributed by atoms with Gasteiger partial charge in [-0.1, -0.05) is 30.3 Å². The predicted octanol–water partition coefficient (Wildman–Crippen LogP) is 4.06. The van der Waals surface area contributed by atoms with Crippen LogP contribution in [-0.2, 0) is 17.7 Å². The second-order valence-corrected chi connectivity index (χ2v) is 9.69. The maximum absolute atomic E-state index is 13.6. The van der Waals surface area contributed by atoms with E-state index < -0.39 is 5.91 Å². The first-order chi connectivity index (χ1) is 17.1. The summed E-state index contributed by atoms with van der Waals surface area (Å²) in [5.41, 5.74) is 6.22. The third-order valence-corrected chi connectivity index (χ3v) is 7.47. The molecule has 184 valence electrons. The van der Waals surface area contributed by atoms with Gasteiger partial charge >= 0.3 is 0 Å². The summed E-state index contributed by atoms with van der Waals surface area (Å²) in [5.74, 6) is 0.157. The lowest BCUT2D eigenvalue weighted by Gasteiger charge is -2.28. The number of hydroxylamine groups is 1. The van der Waals surface area contributed by atoms with Crippen molar-refractivity contribution in [3.8, 4) is 0 Å². The van der Waals surface area contributed by atoms with Crippen LogP contribution in [0.2, 0.25) is 0 Å². The lowest BCUT2D eigenvalue weighted by atomic mass is 9.86. The topological polar surface area (TPSA) is 83.8 Å². The number of carbonyl (C=O) groups is 2. The summed E-state index contributed by atoms with van der Waals surface area (Å²) in [6.07, 6.45) is 4.70. The average molecular weight is 476 g/mol. The molecule has 0 saturated carbocycles. The van der Waals surface area contributed by atoms with Crippen LogP contribution >= 0.6 is 0 Å². The van der Waals surface area contributed by atoms with Gasteiger partial charge in [0.1, 0.15) is 0 Å². The summed E-state index contributed by atoms with van der Waals surface area (Å²) >= 11 is 0. The molecule has 0 unspecified atom stereocenters. The Morgan fingerprint density at radius 3 is 2.63 bits per heavy atom. The number of hydrogen-bond donors (Lipinski definition) is 2. The summed E-state index contributed by atoms with van der Waals surface area (Å²) < 4.78 is 7.74. The molecule has 0 bridgehead atoms. The van der Waals surface area contributed by atoms with E-state index in [0.717, 1.165) is 86.3 Å². The number of ketones is 1. The maximum atomic E-state index is 13.6. The van der Waals surface area contributed by atoms with Gasteiger partial charge in [0, 0.05) is 53.8 Å². The number of nitrogens with one attached hydrogen (secondary N) is 1. The molecule has 1 atom stereocenters. The van der Waals surface area contributed by atoms with Gasteiger partial charge in [-0.15, -0.1) is 0 Å². The van der Waals surface area contributed by atoms with Gasteiger partial charge in [-0.3, -0.25) is 19.7 Å². The molecule has 2 aliphatic rings. The van der Waals surface area contributed by atoms with Crippen molar-refractivity contribution in [3.63, 3.8) is 0 Å². The van der Waals surface area contributed by atoms with E-state index in [4.69, 9.17) is 9.94 Å². The highest BCUT2D eigenvalue weighted by molar-refractivity contribution is 6.09. The monoisotopic (exact) mass is 475 g/mol. The minimum absolute atomic E-state index is 0.261. The summed E-state index contributed by atoms with van der Waals surface area (Å²) in [6.45, 7) is 5.27. The first kappa shape index (κ1) is 23.7. The van der Waals surface area contributed by atoms with Crippen molar-refractivity contribution < 1.29 is 19.5 Å². The van der Waals surface area contributed by atoms with Gasteiger partial charge in [-0.25, -0.2) is 5.48 Å². The Hall–Kier alpha value is -3.00. The Morgan fingerprint density at radius 1 is 1.09 bits per heavy atom. The van der Waals surface area contributed by atoms with Crippen LogP contribution in [0.4, 0.5) is 0 Å². The first-order valence-electron chi connectivity index (χ1n) is 12.6. The van der Waals surface area contributed by atoms with E-state index in [2.05, 4.69) is 21.6 Å². The molecule has 0 spiro atoms. The van der Waals surface area contributed by atoms with Gasteiger partial charge in [0.2, 0.25) is 0 Å². The molecule has 1 aromatic heterocycles. The number of hydrogen-bond acceptors (Lipinski definition) is 5. The quantitative estimate of drug-likeness (QED) is 0.415. The second-order valence-electron chi connectivity index (χ2n) is 9.69. The molecule has 7 nitrogen and oxygen atoms in total. The number of rotatable bonds is 6. The van der Waals surface area contributed by atoms with Crippen LogP contribution in [0.25, 0.3) is 10.9 Å². The zero-order valence-electron chi connectivity index (χ0n) is 20.0. The van der Waals surface area contributed by atoms with Crippen molar-refractivity contribution in [2.75, 3.05) is 32.8 Å². The largest absolute Gasteiger partial charge is 0.379 e. The molecule has 2 heterocycles. The van der Waals surface area contributed by atoms with E-state index in [1.54, 1.807) is 17.6 Å². The molecule has 5 rings (SSSR count). The number of ether oxygens (including phenoxy) is 1. The number of amides is 1. The fraction of sp³-hybridized carbons (Fsp3) is 0.429. The Balaban J connectivity index is 1.39. The standard InChI is InChI=1S/C28H33N3O4/c32-26-18-20(12-13-30-14-16-35-17-15-30)4-3-7-25-27(26)23-5-1-2-6-24(23)31(25)19-21-8-10-22(11-9-21)28(33)29-34/h1-2,5-6,8-11,20,34H,3-4,7,12-19H2,(H,29,33)/t20-/m1/s1. The Morgan fingerprint density at radius 2 is 1.86 bits per heavy atom. The molecule has 1 amide bonds. The minimum Gasteiger partial charge on any atom is -0.379 e. The zero-order chi connectivity index (χ0) is 24.2. The molecule has 7 heteroatoms. The number of nitrogens with zero attached hydrogens (tertiary/aromatic N) is 2. The highest BCUT2D eigenvalue weighted by Crippen LogP contribution is 2.34. The fourth-order valence-corrected chi connectivity index (χ4v) is 5.58. The Labute approximate surface area is 205 Å². The van der Waals surface area contributed by atoms with E-state index in [-0.39, 0.29) is 5.78 Å². The van der Waals surface area contributed by atoms with Crippen LogP contribution in [0.3, 0.4) is 0 Å². The number of aromatic nitrogens is 1. The molecule has 1 fully saturated rings. The highest BCUT2D eigenvalue weighted by Gasteiger charge is 2.27. The van der Waals surface area contributed by atoms with Gasteiger partial charge in [-0.05, 0) is 61.9 Å². The first-order valence-corrected chi connectivity index (χ1v) is 12.6. The molecular formula is C28H33N3O4. The van der Waals surface area contributed by atoms with Crippen molar-refractivity contribution >= 4 is 22.6 Å². The Kier molecular flexibility index (Phi) is 7.27. The van der Waals surface area contributed by atoms with Crippen LogP contribution in [0.15, 0.2) is 48.5 Å². The number of carbonyl (C=O) groups excluding carboxylic acids is 2. The van der Waals surface area contributed by atoms with Crippen molar-refractivity contribution in [3.05, 3.63) is 70.9 Å². The molecular weight excluding hydrogens is 442 g/mol. The van der Waals surface area contributed by atoms with E-state index in [0.29, 0.717) is 24.4 Å².